The molecule has 0 saturated heterocycles. The summed E-state index contributed by atoms with van der Waals surface area (Å²) in [4.78, 5) is 39.4. The zero-order valence-corrected chi connectivity index (χ0v) is 18.0. The van der Waals surface area contributed by atoms with E-state index < -0.39 is 12.1 Å². The molecular weight excluding hydrogens is 396 g/mol. The Labute approximate surface area is 182 Å². The Kier molecular flexibility index (Phi) is 5.15. The predicted molar refractivity (Wildman–Crippen MR) is 114 cm³/mol. The van der Waals surface area contributed by atoms with E-state index in [0.717, 1.165) is 37.0 Å². The van der Waals surface area contributed by atoms with Gasteiger partial charge in [0.2, 0.25) is 5.91 Å². The summed E-state index contributed by atoms with van der Waals surface area (Å²) >= 11 is 0. The zero-order chi connectivity index (χ0) is 21.6. The van der Waals surface area contributed by atoms with Crippen LogP contribution in [-0.4, -0.2) is 42.6 Å². The van der Waals surface area contributed by atoms with E-state index in [-0.39, 0.29) is 36.9 Å². The number of rotatable bonds is 5. The maximum absolute atomic E-state index is 12.9. The average Bonchev–Trinajstić information content (AvgIpc) is 2.85. The van der Waals surface area contributed by atoms with Gasteiger partial charge in [0.05, 0.1) is 18.7 Å². The van der Waals surface area contributed by atoms with Gasteiger partial charge in [0.15, 0.2) is 6.10 Å². The van der Waals surface area contributed by atoms with Crippen molar-refractivity contribution < 1.29 is 23.9 Å². The molecule has 1 heterocycles. The van der Waals surface area contributed by atoms with Crippen molar-refractivity contribution in [3.05, 3.63) is 24.3 Å². The van der Waals surface area contributed by atoms with Crippen LogP contribution in [-0.2, 0) is 19.1 Å². The molecule has 1 N–H and O–H groups in total. The summed E-state index contributed by atoms with van der Waals surface area (Å²) in [5.41, 5.74) is 0.427. The molecule has 7 nitrogen and oxygen atoms in total. The van der Waals surface area contributed by atoms with Gasteiger partial charge in [-0.1, -0.05) is 12.1 Å². The number of esters is 1. The van der Waals surface area contributed by atoms with Crippen LogP contribution in [0.2, 0.25) is 0 Å². The SMILES string of the molecule is C[C@H](OC(=O)CN1C(=O)CCOc2ccccc21)C(=O)NC12CC3CC(CC(C3)C1)C2. The first kappa shape index (κ1) is 20.3. The summed E-state index contributed by atoms with van der Waals surface area (Å²) in [6, 6.07) is 7.13. The van der Waals surface area contributed by atoms with Crippen LogP contribution in [0.25, 0.3) is 0 Å². The Morgan fingerprint density at radius 1 is 1.16 bits per heavy atom. The van der Waals surface area contributed by atoms with Crippen molar-refractivity contribution in [1.82, 2.24) is 5.32 Å². The maximum Gasteiger partial charge on any atom is 0.326 e. The first-order valence-corrected chi connectivity index (χ1v) is 11.4. The van der Waals surface area contributed by atoms with Gasteiger partial charge in [-0.3, -0.25) is 19.3 Å². The molecule has 1 aromatic rings. The third-order valence-corrected chi connectivity index (χ3v) is 7.42. The molecule has 7 heteroatoms. The first-order valence-electron chi connectivity index (χ1n) is 11.4. The van der Waals surface area contributed by atoms with Crippen LogP contribution in [0.1, 0.15) is 51.9 Å². The molecule has 1 aromatic carbocycles. The highest BCUT2D eigenvalue weighted by molar-refractivity contribution is 5.99. The summed E-state index contributed by atoms with van der Waals surface area (Å²) in [6.07, 6.45) is 6.33. The molecule has 166 valence electrons. The van der Waals surface area contributed by atoms with Crippen molar-refractivity contribution in [2.45, 2.75) is 63.5 Å². The molecule has 1 aliphatic heterocycles. The fraction of sp³-hybridized carbons (Fsp3) is 0.625. The smallest absolute Gasteiger partial charge is 0.326 e. The van der Waals surface area contributed by atoms with Gasteiger partial charge in [0.25, 0.3) is 5.91 Å². The lowest BCUT2D eigenvalue weighted by molar-refractivity contribution is -0.155. The number of para-hydroxylation sites is 2. The minimum Gasteiger partial charge on any atom is -0.491 e. The second-order valence-electron chi connectivity index (χ2n) is 9.87. The molecule has 5 aliphatic rings. The molecule has 4 fully saturated rings. The summed E-state index contributed by atoms with van der Waals surface area (Å²) in [5, 5.41) is 3.25. The maximum atomic E-state index is 12.9. The molecular formula is C24H30N2O5. The van der Waals surface area contributed by atoms with E-state index >= 15 is 0 Å². The molecule has 2 amide bonds. The van der Waals surface area contributed by atoms with Gasteiger partial charge in [0.1, 0.15) is 12.3 Å². The fourth-order valence-electron chi connectivity index (χ4n) is 6.54. The third-order valence-electron chi connectivity index (χ3n) is 7.42. The summed E-state index contributed by atoms with van der Waals surface area (Å²) in [7, 11) is 0. The molecule has 4 saturated carbocycles. The van der Waals surface area contributed by atoms with E-state index in [4.69, 9.17) is 9.47 Å². The van der Waals surface area contributed by atoms with E-state index in [1.54, 1.807) is 25.1 Å². The summed E-state index contributed by atoms with van der Waals surface area (Å²) in [6.45, 7) is 1.63. The van der Waals surface area contributed by atoms with Gasteiger partial charge < -0.3 is 14.8 Å². The molecule has 6 rings (SSSR count). The van der Waals surface area contributed by atoms with Crippen LogP contribution in [0.3, 0.4) is 0 Å². The normalized spacial score (nSPS) is 32.0. The van der Waals surface area contributed by atoms with Gasteiger partial charge in [-0.2, -0.15) is 0 Å². The number of amides is 2. The van der Waals surface area contributed by atoms with Crippen LogP contribution >= 0.6 is 0 Å². The quantitative estimate of drug-likeness (QED) is 0.732. The van der Waals surface area contributed by atoms with Crippen molar-refractivity contribution >= 4 is 23.5 Å². The molecule has 0 radical (unpaired) electrons. The molecule has 31 heavy (non-hydrogen) atoms. The highest BCUT2D eigenvalue weighted by Gasteiger charge is 2.51. The molecule has 0 spiro atoms. The lowest BCUT2D eigenvalue weighted by atomic mass is 9.53. The minimum atomic E-state index is -0.894. The number of nitrogens with zero attached hydrogens (tertiary/aromatic N) is 1. The Bertz CT molecular complexity index is 862. The summed E-state index contributed by atoms with van der Waals surface area (Å²) < 4.78 is 11.1. The molecule has 0 unspecified atom stereocenters. The van der Waals surface area contributed by atoms with Crippen molar-refractivity contribution in [2.75, 3.05) is 18.1 Å². The number of fused-ring (bicyclic) bond motifs is 1. The van der Waals surface area contributed by atoms with E-state index in [2.05, 4.69) is 5.32 Å². The molecule has 4 aliphatic carbocycles. The number of carbonyl (C=O) groups is 3. The van der Waals surface area contributed by atoms with Crippen molar-refractivity contribution in [1.29, 1.82) is 0 Å². The fourth-order valence-corrected chi connectivity index (χ4v) is 6.54. The van der Waals surface area contributed by atoms with E-state index in [1.165, 1.54) is 24.2 Å². The van der Waals surface area contributed by atoms with E-state index in [0.29, 0.717) is 11.4 Å². The van der Waals surface area contributed by atoms with Crippen molar-refractivity contribution in [2.24, 2.45) is 17.8 Å². The lowest BCUT2D eigenvalue weighted by Gasteiger charge is -2.57. The Hall–Kier alpha value is -2.57. The van der Waals surface area contributed by atoms with Gasteiger partial charge in [0, 0.05) is 5.54 Å². The number of hydrogen-bond acceptors (Lipinski definition) is 5. The Morgan fingerprint density at radius 3 is 2.48 bits per heavy atom. The Morgan fingerprint density at radius 2 is 1.81 bits per heavy atom. The predicted octanol–water partition coefficient (Wildman–Crippen LogP) is 2.82. The summed E-state index contributed by atoms with van der Waals surface area (Å²) in [5.74, 6) is 1.70. The number of anilines is 1. The van der Waals surface area contributed by atoms with Crippen LogP contribution in [0.5, 0.6) is 5.75 Å². The molecule has 1 atom stereocenters. The number of nitrogens with one attached hydrogen (secondary N) is 1. The Balaban J connectivity index is 1.21. The second kappa shape index (κ2) is 7.84. The van der Waals surface area contributed by atoms with Crippen LogP contribution in [0.4, 0.5) is 5.69 Å². The standard InChI is InChI=1S/C24H30N2O5/c1-15(23(29)25-24-11-16-8-17(12-24)10-18(9-16)13-24)31-22(28)14-26-19-4-2-3-5-20(19)30-7-6-21(26)27/h2-5,15-18H,6-14H2,1H3,(H,25,29)/t15-,16?,17?,18?,24?/m0/s1. The third kappa shape index (κ3) is 4.02. The lowest BCUT2D eigenvalue weighted by Crippen LogP contribution is -2.61. The van der Waals surface area contributed by atoms with Gasteiger partial charge in [-0.25, -0.2) is 0 Å². The van der Waals surface area contributed by atoms with Crippen LogP contribution < -0.4 is 15.0 Å². The largest absolute Gasteiger partial charge is 0.491 e. The van der Waals surface area contributed by atoms with Crippen LogP contribution in [0.15, 0.2) is 24.3 Å². The zero-order valence-electron chi connectivity index (χ0n) is 18.0. The number of ether oxygens (including phenoxy) is 2. The van der Waals surface area contributed by atoms with E-state index in [9.17, 15) is 14.4 Å². The van der Waals surface area contributed by atoms with Gasteiger partial charge in [-0.05, 0) is 75.3 Å². The number of benzene rings is 1. The molecule has 0 aromatic heterocycles. The van der Waals surface area contributed by atoms with Crippen molar-refractivity contribution in [3.63, 3.8) is 0 Å². The van der Waals surface area contributed by atoms with Crippen molar-refractivity contribution in [3.8, 4) is 5.75 Å². The second-order valence-corrected chi connectivity index (χ2v) is 9.87. The van der Waals surface area contributed by atoms with Gasteiger partial charge in [-0.15, -0.1) is 0 Å². The number of carbonyl (C=O) groups excluding carboxylic acids is 3. The average molecular weight is 427 g/mol. The number of hydrogen-bond donors (Lipinski definition) is 1. The van der Waals surface area contributed by atoms with E-state index in [1.807, 2.05) is 6.07 Å². The molecule has 4 bridgehead atoms. The van der Waals surface area contributed by atoms with Crippen LogP contribution in [0, 0.1) is 17.8 Å². The highest BCUT2D eigenvalue weighted by atomic mass is 16.5. The minimum absolute atomic E-state index is 0.121. The monoisotopic (exact) mass is 426 g/mol. The highest BCUT2D eigenvalue weighted by Crippen LogP contribution is 2.55. The first-order chi connectivity index (χ1) is 14.9. The van der Waals surface area contributed by atoms with Gasteiger partial charge >= 0.3 is 5.97 Å². The topological polar surface area (TPSA) is 84.9 Å².